The topological polar surface area (TPSA) is 98.7 Å². The third kappa shape index (κ3) is 3.74. The van der Waals surface area contributed by atoms with E-state index in [-0.39, 0.29) is 42.2 Å². The largest absolute Gasteiger partial charge is 0.395 e. The first-order valence-corrected chi connectivity index (χ1v) is 12.1. The highest BCUT2D eigenvalue weighted by Crippen LogP contribution is 2.66. The summed E-state index contributed by atoms with van der Waals surface area (Å²) in [4.78, 5) is 41.6. The molecule has 3 N–H and O–H groups in total. The Balaban J connectivity index is 1.62. The normalized spacial score (nSPS) is 32.1. The number of anilines is 1. The van der Waals surface area contributed by atoms with Crippen LogP contribution in [-0.4, -0.2) is 63.0 Å². The molecule has 7 nitrogen and oxygen atoms in total. The Hall–Kier alpha value is -2.06. The number of likely N-dealkylation sites (tertiary alicyclic amines) is 1. The van der Waals surface area contributed by atoms with Crippen molar-refractivity contribution >= 4 is 35.2 Å². The molecule has 1 aromatic carbocycles. The van der Waals surface area contributed by atoms with Crippen molar-refractivity contribution in [2.75, 3.05) is 18.5 Å². The summed E-state index contributed by atoms with van der Waals surface area (Å²) in [7, 11) is 0. The van der Waals surface area contributed by atoms with E-state index in [0.29, 0.717) is 5.69 Å². The van der Waals surface area contributed by atoms with Crippen LogP contribution in [0.25, 0.3) is 0 Å². The van der Waals surface area contributed by atoms with Crippen LogP contribution in [0, 0.1) is 11.8 Å². The van der Waals surface area contributed by atoms with Crippen molar-refractivity contribution in [1.82, 2.24) is 10.2 Å². The first kappa shape index (κ1) is 22.1. The van der Waals surface area contributed by atoms with Crippen LogP contribution in [0.15, 0.2) is 30.3 Å². The second-order valence-corrected chi connectivity index (χ2v) is 10.5. The lowest BCUT2D eigenvalue weighted by Crippen LogP contribution is -2.55. The number of hydrogen-bond donors (Lipinski definition) is 3. The molecular formula is C23H31N3O4S. The van der Waals surface area contributed by atoms with E-state index in [9.17, 15) is 19.5 Å². The average Bonchev–Trinajstić information content (AvgIpc) is 3.37. The van der Waals surface area contributed by atoms with Crippen molar-refractivity contribution in [3.63, 3.8) is 0 Å². The maximum atomic E-state index is 13.5. The minimum Gasteiger partial charge on any atom is -0.395 e. The lowest BCUT2D eigenvalue weighted by atomic mass is 9.70. The molecule has 0 radical (unpaired) electrons. The van der Waals surface area contributed by atoms with Gasteiger partial charge in [0.05, 0.1) is 23.2 Å². The Morgan fingerprint density at radius 2 is 2.03 bits per heavy atom. The number of aliphatic hydroxyl groups is 1. The molecule has 3 fully saturated rings. The van der Waals surface area contributed by atoms with Crippen LogP contribution in [0.1, 0.15) is 39.5 Å². The number of carbonyl (C=O) groups is 3. The van der Waals surface area contributed by atoms with Crippen molar-refractivity contribution in [3.8, 4) is 0 Å². The van der Waals surface area contributed by atoms with E-state index < -0.39 is 22.6 Å². The molecule has 4 rings (SSSR count). The number of nitrogens with zero attached hydrogens (tertiary/aromatic N) is 1. The monoisotopic (exact) mass is 445 g/mol. The number of rotatable bonds is 8. The Labute approximate surface area is 187 Å². The molecular weight excluding hydrogens is 414 g/mol. The number of aliphatic hydroxyl groups excluding tert-OH is 1. The van der Waals surface area contributed by atoms with E-state index in [0.717, 1.165) is 25.7 Å². The molecule has 2 bridgehead atoms. The molecule has 0 aromatic heterocycles. The van der Waals surface area contributed by atoms with Gasteiger partial charge in [-0.05, 0) is 38.3 Å². The summed E-state index contributed by atoms with van der Waals surface area (Å²) in [5.41, 5.74) is 0.703. The lowest BCUT2D eigenvalue weighted by molar-refractivity contribution is -0.139. The minimum absolute atomic E-state index is 0.0137. The Bertz CT molecular complexity index is 850. The van der Waals surface area contributed by atoms with Crippen LogP contribution in [0.2, 0.25) is 0 Å². The van der Waals surface area contributed by atoms with Crippen LogP contribution >= 0.6 is 11.8 Å². The highest BCUT2D eigenvalue weighted by molar-refractivity contribution is 8.02. The van der Waals surface area contributed by atoms with Gasteiger partial charge in [0, 0.05) is 23.5 Å². The van der Waals surface area contributed by atoms with Gasteiger partial charge in [0.1, 0.15) is 6.04 Å². The smallest absolute Gasteiger partial charge is 0.244 e. The highest BCUT2D eigenvalue weighted by Gasteiger charge is 2.73. The van der Waals surface area contributed by atoms with E-state index in [1.165, 1.54) is 4.90 Å². The summed E-state index contributed by atoms with van der Waals surface area (Å²) in [6, 6.07) is 8.61. The summed E-state index contributed by atoms with van der Waals surface area (Å²) >= 11 is 1.64. The fourth-order valence-electron chi connectivity index (χ4n) is 5.68. The van der Waals surface area contributed by atoms with Crippen LogP contribution < -0.4 is 10.6 Å². The van der Waals surface area contributed by atoms with Crippen molar-refractivity contribution in [2.24, 2.45) is 11.8 Å². The number of carbonyl (C=O) groups excluding carboxylic acids is 3. The Morgan fingerprint density at radius 3 is 2.71 bits per heavy atom. The van der Waals surface area contributed by atoms with Gasteiger partial charge in [-0.1, -0.05) is 31.5 Å². The zero-order valence-electron chi connectivity index (χ0n) is 18.0. The molecule has 6 atom stereocenters. The van der Waals surface area contributed by atoms with Gasteiger partial charge in [-0.15, -0.1) is 11.8 Å². The number of benzene rings is 1. The molecule has 1 spiro atoms. The maximum absolute atomic E-state index is 13.5. The molecule has 3 saturated heterocycles. The van der Waals surface area contributed by atoms with E-state index >= 15 is 0 Å². The third-order valence-electron chi connectivity index (χ3n) is 6.84. The maximum Gasteiger partial charge on any atom is 0.244 e. The summed E-state index contributed by atoms with van der Waals surface area (Å²) < 4.78 is -0.606. The summed E-state index contributed by atoms with van der Waals surface area (Å²) in [5, 5.41) is 15.7. The lowest BCUT2D eigenvalue weighted by Gasteiger charge is -2.34. The van der Waals surface area contributed by atoms with Crippen LogP contribution in [0.3, 0.4) is 0 Å². The van der Waals surface area contributed by atoms with Gasteiger partial charge in [0.25, 0.3) is 0 Å². The number of fused-ring (bicyclic) bond motifs is 1. The van der Waals surface area contributed by atoms with Crippen molar-refractivity contribution < 1.29 is 19.5 Å². The summed E-state index contributed by atoms with van der Waals surface area (Å²) in [6.45, 7) is 3.94. The fraction of sp³-hybridized carbons (Fsp3) is 0.609. The molecule has 3 amide bonds. The first-order chi connectivity index (χ1) is 14.9. The van der Waals surface area contributed by atoms with E-state index in [1.54, 1.807) is 11.8 Å². The molecule has 3 unspecified atom stereocenters. The number of para-hydroxylation sites is 1. The molecule has 0 saturated carbocycles. The van der Waals surface area contributed by atoms with Gasteiger partial charge < -0.3 is 20.6 Å². The molecule has 8 heteroatoms. The predicted octanol–water partition coefficient (Wildman–Crippen LogP) is 2.01. The molecule has 1 aromatic rings. The SMILES string of the molecule is CCCC(C)NC(=O)C1N(CCO)C(=O)[C@@H]2[C@H](C(=O)Nc3ccccc3)[C@@H]3CCC12S3. The number of nitrogens with one attached hydrogen (secondary N) is 2. The van der Waals surface area contributed by atoms with E-state index in [1.807, 2.05) is 37.3 Å². The van der Waals surface area contributed by atoms with Gasteiger partial charge in [-0.2, -0.15) is 0 Å². The molecule has 3 aliphatic rings. The number of hydrogen-bond acceptors (Lipinski definition) is 5. The van der Waals surface area contributed by atoms with Crippen LogP contribution in [0.5, 0.6) is 0 Å². The van der Waals surface area contributed by atoms with Crippen LogP contribution in [0.4, 0.5) is 5.69 Å². The molecule has 168 valence electrons. The quantitative estimate of drug-likeness (QED) is 0.569. The molecule has 31 heavy (non-hydrogen) atoms. The average molecular weight is 446 g/mol. The van der Waals surface area contributed by atoms with Gasteiger partial charge in [-0.25, -0.2) is 0 Å². The van der Waals surface area contributed by atoms with Crippen molar-refractivity contribution in [2.45, 2.75) is 61.6 Å². The van der Waals surface area contributed by atoms with E-state index in [2.05, 4.69) is 17.6 Å². The fourth-order valence-corrected chi connectivity index (χ4v) is 7.90. The molecule has 3 aliphatic heterocycles. The Kier molecular flexibility index (Phi) is 6.30. The first-order valence-electron chi connectivity index (χ1n) is 11.2. The number of thioether (sulfide) groups is 1. The minimum atomic E-state index is -0.652. The summed E-state index contributed by atoms with van der Waals surface area (Å²) in [5.74, 6) is -1.52. The van der Waals surface area contributed by atoms with Crippen molar-refractivity contribution in [1.29, 1.82) is 0 Å². The zero-order chi connectivity index (χ0) is 22.2. The predicted molar refractivity (Wildman–Crippen MR) is 120 cm³/mol. The second-order valence-electron chi connectivity index (χ2n) is 8.86. The standard InChI is InChI=1S/C23H31N3O4S/c1-3-7-14(2)24-21(29)19-23-11-10-16(31-23)17(18(23)22(30)26(19)12-13-27)20(28)25-15-8-5-4-6-9-15/h4-6,8-9,14,16-19,27H,3,7,10-13H2,1-2H3,(H,24,29)(H,25,28)/t14?,16-,17+,18-,19?,23?/m0/s1. The van der Waals surface area contributed by atoms with E-state index in [4.69, 9.17) is 0 Å². The summed E-state index contributed by atoms with van der Waals surface area (Å²) in [6.07, 6.45) is 3.36. The van der Waals surface area contributed by atoms with Crippen molar-refractivity contribution in [3.05, 3.63) is 30.3 Å². The molecule has 0 aliphatic carbocycles. The van der Waals surface area contributed by atoms with Gasteiger partial charge in [-0.3, -0.25) is 14.4 Å². The molecule has 3 heterocycles. The van der Waals surface area contributed by atoms with Gasteiger partial charge >= 0.3 is 0 Å². The second kappa shape index (κ2) is 8.82. The zero-order valence-corrected chi connectivity index (χ0v) is 18.9. The van der Waals surface area contributed by atoms with Crippen LogP contribution in [-0.2, 0) is 14.4 Å². The number of β-amino-alcohol motifs (C(OH)–C–C–N with tert-alkyl or cyclic N) is 1. The number of amides is 3. The Morgan fingerprint density at radius 1 is 1.29 bits per heavy atom. The highest BCUT2D eigenvalue weighted by atomic mass is 32.2. The van der Waals surface area contributed by atoms with Gasteiger partial charge in [0.2, 0.25) is 17.7 Å². The third-order valence-corrected chi connectivity index (χ3v) is 8.80. The van der Waals surface area contributed by atoms with Gasteiger partial charge in [0.15, 0.2) is 0 Å².